The smallest absolute Gasteiger partial charge is 0.230 e. The van der Waals surface area contributed by atoms with Crippen LogP contribution in [0.3, 0.4) is 0 Å². The first-order valence-electron chi connectivity index (χ1n) is 9.11. The number of hydrogen-bond donors (Lipinski definition) is 3. The van der Waals surface area contributed by atoms with Crippen molar-refractivity contribution in [2.75, 3.05) is 42.9 Å². The number of hydrogen-bond acceptors (Lipinski definition) is 7. The van der Waals surface area contributed by atoms with E-state index in [1.165, 1.54) is 5.69 Å². The van der Waals surface area contributed by atoms with Gasteiger partial charge in [-0.2, -0.15) is 4.98 Å². The lowest BCUT2D eigenvalue weighted by molar-refractivity contribution is 0.524. The van der Waals surface area contributed by atoms with Gasteiger partial charge >= 0.3 is 0 Å². The van der Waals surface area contributed by atoms with Gasteiger partial charge in [-0.15, -0.1) is 0 Å². The molecule has 0 spiro atoms. The van der Waals surface area contributed by atoms with E-state index in [4.69, 9.17) is 4.98 Å². The molecule has 3 N–H and O–H groups in total. The average Bonchev–Trinajstić information content (AvgIpc) is 3.07. The largest absolute Gasteiger partial charge is 0.368 e. The number of nitrogens with one attached hydrogen (secondary N) is 3. The monoisotopic (exact) mass is 350 g/mol. The molecule has 2 aliphatic rings. The molecule has 0 radical (unpaired) electrons. The zero-order valence-electron chi connectivity index (χ0n) is 14.6. The van der Waals surface area contributed by atoms with Gasteiger partial charge in [0.25, 0.3) is 0 Å². The molecule has 26 heavy (non-hydrogen) atoms. The molecule has 0 amide bonds. The van der Waals surface area contributed by atoms with Crippen LogP contribution in [-0.2, 0) is 13.1 Å². The van der Waals surface area contributed by atoms with Crippen LogP contribution < -0.4 is 20.9 Å². The van der Waals surface area contributed by atoms with E-state index in [-0.39, 0.29) is 0 Å². The average molecular weight is 350 g/mol. The maximum atomic E-state index is 4.71. The van der Waals surface area contributed by atoms with Gasteiger partial charge in [0.2, 0.25) is 5.95 Å². The Morgan fingerprint density at radius 1 is 0.962 bits per heavy atom. The topological polar surface area (TPSA) is 82.9 Å². The third-order valence-electron chi connectivity index (χ3n) is 5.01. The number of nitrogens with zero attached hydrogens (tertiary/aromatic N) is 5. The molecule has 5 rings (SSSR count). The zero-order chi connectivity index (χ0) is 17.3. The molecular formula is C18H22N8. The normalized spacial score (nSPS) is 17.3. The summed E-state index contributed by atoms with van der Waals surface area (Å²) in [6, 6.07) is 6.25. The molecule has 0 atom stereocenters. The van der Waals surface area contributed by atoms with Crippen molar-refractivity contribution in [1.82, 2.24) is 30.2 Å². The first-order chi connectivity index (χ1) is 12.9. The highest BCUT2D eigenvalue weighted by atomic mass is 15.2. The fourth-order valence-corrected chi connectivity index (χ4v) is 3.64. The second kappa shape index (κ2) is 6.54. The number of fused-ring (bicyclic) bond motifs is 3. The van der Waals surface area contributed by atoms with E-state index < -0.39 is 0 Å². The number of piperazine rings is 1. The maximum absolute atomic E-state index is 4.71. The van der Waals surface area contributed by atoms with E-state index in [9.17, 15) is 0 Å². The Morgan fingerprint density at radius 3 is 2.69 bits per heavy atom. The van der Waals surface area contributed by atoms with Crippen molar-refractivity contribution in [3.63, 3.8) is 0 Å². The Bertz CT molecular complexity index is 911. The lowest BCUT2D eigenvalue weighted by Crippen LogP contribution is -2.43. The molecular weight excluding hydrogens is 328 g/mol. The molecule has 1 fully saturated rings. The fraction of sp³-hybridized carbons (Fsp3) is 0.389. The Kier molecular flexibility index (Phi) is 3.91. The summed E-state index contributed by atoms with van der Waals surface area (Å²) in [5, 5.41) is 11.1. The molecule has 0 saturated carbocycles. The van der Waals surface area contributed by atoms with Crippen molar-refractivity contribution in [3.8, 4) is 0 Å². The van der Waals surface area contributed by atoms with Crippen molar-refractivity contribution < 1.29 is 0 Å². The Balaban J connectivity index is 1.37. The van der Waals surface area contributed by atoms with E-state index in [2.05, 4.69) is 47.5 Å². The minimum Gasteiger partial charge on any atom is -0.368 e. The predicted octanol–water partition coefficient (Wildman–Crippen LogP) is 1.08. The van der Waals surface area contributed by atoms with Crippen molar-refractivity contribution in [2.24, 2.45) is 0 Å². The van der Waals surface area contributed by atoms with Gasteiger partial charge in [0.15, 0.2) is 0 Å². The molecule has 0 aliphatic carbocycles. The number of anilines is 3. The molecule has 3 aromatic rings. The summed E-state index contributed by atoms with van der Waals surface area (Å²) in [4.78, 5) is 16.0. The summed E-state index contributed by atoms with van der Waals surface area (Å²) in [5.74, 6) is 1.34. The summed E-state index contributed by atoms with van der Waals surface area (Å²) < 4.78 is 2.26. The fourth-order valence-electron chi connectivity index (χ4n) is 3.64. The van der Waals surface area contributed by atoms with Crippen LogP contribution in [0.25, 0.3) is 11.0 Å². The molecule has 0 aromatic carbocycles. The van der Waals surface area contributed by atoms with Gasteiger partial charge in [-0.3, -0.25) is 0 Å². The number of pyridine rings is 1. The van der Waals surface area contributed by atoms with Gasteiger partial charge in [0.1, 0.15) is 11.5 Å². The summed E-state index contributed by atoms with van der Waals surface area (Å²) >= 11 is 0. The molecule has 0 unspecified atom stereocenters. The summed E-state index contributed by atoms with van der Waals surface area (Å²) in [5.41, 5.74) is 3.40. The quantitative estimate of drug-likeness (QED) is 0.652. The Hall–Kier alpha value is -2.71. The molecule has 2 aliphatic heterocycles. The van der Waals surface area contributed by atoms with Crippen LogP contribution >= 0.6 is 0 Å². The van der Waals surface area contributed by atoms with Crippen molar-refractivity contribution in [3.05, 3.63) is 36.3 Å². The van der Waals surface area contributed by atoms with Crippen molar-refractivity contribution >= 4 is 28.5 Å². The highest BCUT2D eigenvalue weighted by Gasteiger charge is 2.15. The van der Waals surface area contributed by atoms with Crippen LogP contribution in [0.1, 0.15) is 5.69 Å². The van der Waals surface area contributed by atoms with Crippen LogP contribution in [-0.4, -0.2) is 52.2 Å². The Morgan fingerprint density at radius 2 is 1.85 bits per heavy atom. The summed E-state index contributed by atoms with van der Waals surface area (Å²) in [6.07, 6.45) is 3.79. The SMILES string of the molecule is c1cc(Nc2ncc3cc4n(c3n2)CCNC4)ncc1N1CCNCC1. The van der Waals surface area contributed by atoms with E-state index in [1.807, 2.05) is 18.5 Å². The van der Waals surface area contributed by atoms with E-state index in [1.54, 1.807) is 0 Å². The van der Waals surface area contributed by atoms with Gasteiger partial charge < -0.3 is 25.4 Å². The molecule has 3 aromatic heterocycles. The first kappa shape index (κ1) is 15.5. The first-order valence-corrected chi connectivity index (χ1v) is 9.11. The molecule has 0 bridgehead atoms. The van der Waals surface area contributed by atoms with E-state index in [0.717, 1.165) is 68.4 Å². The molecule has 134 valence electrons. The van der Waals surface area contributed by atoms with Crippen molar-refractivity contribution in [2.45, 2.75) is 13.1 Å². The third-order valence-corrected chi connectivity index (χ3v) is 5.01. The highest BCUT2D eigenvalue weighted by molar-refractivity contribution is 5.78. The molecule has 8 nitrogen and oxygen atoms in total. The Labute approximate surface area is 151 Å². The molecule has 1 saturated heterocycles. The van der Waals surface area contributed by atoms with E-state index >= 15 is 0 Å². The summed E-state index contributed by atoms with van der Waals surface area (Å²) in [6.45, 7) is 6.86. The van der Waals surface area contributed by atoms with E-state index in [0.29, 0.717) is 5.95 Å². The minimum atomic E-state index is 0.583. The molecule has 5 heterocycles. The standard InChI is InChI=1S/C18H22N8/c1-2-16(21-12-14(1)25-6-3-19-4-7-25)23-18-22-10-13-9-15-11-20-5-8-26(15)17(13)24-18/h1-2,9-10,12,19-20H,3-8,11H2,(H,21,22,23,24). The molecule has 8 heteroatoms. The second-order valence-corrected chi connectivity index (χ2v) is 6.70. The summed E-state index contributed by atoms with van der Waals surface area (Å²) in [7, 11) is 0. The van der Waals surface area contributed by atoms with Crippen molar-refractivity contribution in [1.29, 1.82) is 0 Å². The van der Waals surface area contributed by atoms with Crippen LogP contribution in [0.2, 0.25) is 0 Å². The number of rotatable bonds is 3. The van der Waals surface area contributed by atoms with Gasteiger partial charge in [-0.05, 0) is 18.2 Å². The van der Waals surface area contributed by atoms with Gasteiger partial charge in [-0.25, -0.2) is 9.97 Å². The van der Waals surface area contributed by atoms with Gasteiger partial charge in [0, 0.05) is 63.1 Å². The lowest BCUT2D eigenvalue weighted by atomic mass is 10.3. The van der Waals surface area contributed by atoms with Gasteiger partial charge in [-0.1, -0.05) is 0 Å². The van der Waals surface area contributed by atoms with Crippen LogP contribution in [0, 0.1) is 0 Å². The van der Waals surface area contributed by atoms with Crippen LogP contribution in [0.5, 0.6) is 0 Å². The lowest BCUT2D eigenvalue weighted by Gasteiger charge is -2.29. The zero-order valence-corrected chi connectivity index (χ0v) is 14.6. The number of aromatic nitrogens is 4. The maximum Gasteiger partial charge on any atom is 0.230 e. The minimum absolute atomic E-state index is 0.583. The predicted molar refractivity (Wildman–Crippen MR) is 102 cm³/mol. The highest BCUT2D eigenvalue weighted by Crippen LogP contribution is 2.22. The van der Waals surface area contributed by atoms with Crippen LogP contribution in [0.15, 0.2) is 30.6 Å². The third kappa shape index (κ3) is 2.87. The second-order valence-electron chi connectivity index (χ2n) is 6.70. The van der Waals surface area contributed by atoms with Crippen LogP contribution in [0.4, 0.5) is 17.5 Å². The van der Waals surface area contributed by atoms with Gasteiger partial charge in [0.05, 0.1) is 11.9 Å².